The molecule has 0 spiro atoms. The van der Waals surface area contributed by atoms with Gasteiger partial charge in [0.05, 0.1) is 11.2 Å². The number of para-hydroxylation sites is 1. The maximum absolute atomic E-state index is 5.35. The molecule has 0 bridgehead atoms. The molecule has 0 amide bonds. The number of hydrogen-bond donors (Lipinski definition) is 0. The van der Waals surface area contributed by atoms with E-state index in [9.17, 15) is 0 Å². The lowest BCUT2D eigenvalue weighted by Gasteiger charge is -2.26. The van der Waals surface area contributed by atoms with Crippen LogP contribution in [0.3, 0.4) is 0 Å². The molecule has 0 radical (unpaired) electrons. The Balaban J connectivity index is 1.10. The van der Waals surface area contributed by atoms with Crippen molar-refractivity contribution in [3.63, 3.8) is 0 Å². The van der Waals surface area contributed by atoms with E-state index in [2.05, 4.69) is 213 Å². The van der Waals surface area contributed by atoms with Gasteiger partial charge >= 0.3 is 0 Å². The predicted molar refractivity (Wildman–Crippen MR) is 228 cm³/mol. The summed E-state index contributed by atoms with van der Waals surface area (Å²) in [6.45, 7) is 4.74. The van der Waals surface area contributed by atoms with Gasteiger partial charge in [0.25, 0.3) is 0 Å². The van der Waals surface area contributed by atoms with Crippen LogP contribution in [0, 0.1) is 0 Å². The van der Waals surface area contributed by atoms with E-state index in [0.29, 0.717) is 0 Å². The molecule has 256 valence electrons. The lowest BCUT2D eigenvalue weighted by atomic mass is 9.79. The van der Waals surface area contributed by atoms with E-state index in [1.807, 2.05) is 0 Å². The zero-order chi connectivity index (χ0) is 36.2. The summed E-state index contributed by atoms with van der Waals surface area (Å²) < 4.78 is 0. The smallest absolute Gasteiger partial charge is 0.0788 e. The Bertz CT molecular complexity index is 2720. The molecule has 1 aliphatic carbocycles. The highest BCUT2D eigenvalue weighted by Crippen LogP contribution is 2.53. The largest absolute Gasteiger partial charge is 0.311 e. The second kappa shape index (κ2) is 12.7. The molecule has 0 saturated carbocycles. The second-order valence-corrected chi connectivity index (χ2v) is 14.8. The maximum Gasteiger partial charge on any atom is 0.0788 e. The Labute approximate surface area is 316 Å². The van der Waals surface area contributed by atoms with Crippen molar-refractivity contribution in [2.24, 2.45) is 0 Å². The van der Waals surface area contributed by atoms with Gasteiger partial charge in [0.15, 0.2) is 0 Å². The van der Waals surface area contributed by atoms with Crippen LogP contribution in [0.1, 0.15) is 25.0 Å². The van der Waals surface area contributed by atoms with Gasteiger partial charge < -0.3 is 4.90 Å². The summed E-state index contributed by atoms with van der Waals surface area (Å²) in [6, 6.07) is 70.0. The Morgan fingerprint density at radius 1 is 0.389 bits per heavy atom. The van der Waals surface area contributed by atoms with Gasteiger partial charge in [-0.05, 0) is 92.4 Å². The number of hydrogen-bond acceptors (Lipinski definition) is 2. The summed E-state index contributed by atoms with van der Waals surface area (Å²) >= 11 is 0. The number of pyridine rings is 1. The lowest BCUT2D eigenvalue weighted by Crippen LogP contribution is -2.15. The zero-order valence-electron chi connectivity index (χ0n) is 30.4. The summed E-state index contributed by atoms with van der Waals surface area (Å²) in [6.07, 6.45) is 0. The molecule has 10 rings (SSSR count). The predicted octanol–water partition coefficient (Wildman–Crippen LogP) is 14.2. The first-order chi connectivity index (χ1) is 26.5. The minimum Gasteiger partial charge on any atom is -0.311 e. The van der Waals surface area contributed by atoms with E-state index in [1.54, 1.807) is 0 Å². The molecule has 9 aromatic rings. The van der Waals surface area contributed by atoms with E-state index in [-0.39, 0.29) is 5.41 Å². The third-order valence-corrected chi connectivity index (χ3v) is 11.2. The van der Waals surface area contributed by atoms with Crippen LogP contribution in [0.5, 0.6) is 0 Å². The van der Waals surface area contributed by atoms with Gasteiger partial charge in [0.2, 0.25) is 0 Å². The van der Waals surface area contributed by atoms with Crippen molar-refractivity contribution in [2.75, 3.05) is 4.90 Å². The Morgan fingerprint density at radius 3 is 1.46 bits per heavy atom. The van der Waals surface area contributed by atoms with E-state index in [0.717, 1.165) is 33.8 Å². The van der Waals surface area contributed by atoms with Crippen LogP contribution in [-0.4, -0.2) is 4.98 Å². The number of anilines is 3. The fourth-order valence-corrected chi connectivity index (χ4v) is 8.62. The van der Waals surface area contributed by atoms with Crippen molar-refractivity contribution in [1.29, 1.82) is 0 Å². The molecule has 0 N–H and O–H groups in total. The van der Waals surface area contributed by atoms with E-state index in [4.69, 9.17) is 4.98 Å². The van der Waals surface area contributed by atoms with Crippen LogP contribution < -0.4 is 4.90 Å². The van der Waals surface area contributed by atoms with Crippen molar-refractivity contribution in [1.82, 2.24) is 4.98 Å². The monoisotopic (exact) mass is 690 g/mol. The van der Waals surface area contributed by atoms with Crippen molar-refractivity contribution in [2.45, 2.75) is 19.3 Å². The normalized spacial score (nSPS) is 12.8. The highest BCUT2D eigenvalue weighted by molar-refractivity contribution is 6.15. The molecule has 54 heavy (non-hydrogen) atoms. The molecule has 1 heterocycles. The Kier molecular flexibility index (Phi) is 7.52. The zero-order valence-corrected chi connectivity index (χ0v) is 30.4. The standard InChI is InChI=1S/C52H38N2/c1-52(2)47-19-11-9-17-43(47)44-33-34-46-49(50(44)52)45-18-10-12-20-48(45)53-51(46)39-25-31-42(32-26-39)54(40-27-21-37(22-28-40)35-13-5-3-6-14-35)41-29-23-38(24-30-41)36-15-7-4-8-16-36/h3-34H,1-2H3. The van der Waals surface area contributed by atoms with Gasteiger partial charge in [-0.25, -0.2) is 4.98 Å². The topological polar surface area (TPSA) is 16.1 Å². The van der Waals surface area contributed by atoms with Crippen molar-refractivity contribution >= 4 is 38.7 Å². The van der Waals surface area contributed by atoms with Crippen LogP contribution >= 0.6 is 0 Å². The van der Waals surface area contributed by atoms with E-state index in [1.165, 1.54) is 60.7 Å². The molecule has 2 nitrogen and oxygen atoms in total. The SMILES string of the molecule is CC1(C)c2ccccc2-c2ccc3c(-c4ccc(N(c5ccc(-c6ccccc6)cc5)c5ccc(-c6ccccc6)cc5)cc4)nc4ccccc4c3c21. The second-order valence-electron chi connectivity index (χ2n) is 14.8. The van der Waals surface area contributed by atoms with Crippen LogP contribution in [0.15, 0.2) is 194 Å². The van der Waals surface area contributed by atoms with Crippen LogP contribution in [-0.2, 0) is 5.41 Å². The number of nitrogens with zero attached hydrogens (tertiary/aromatic N) is 2. The molecule has 1 aromatic heterocycles. The molecule has 1 aliphatic rings. The Morgan fingerprint density at radius 2 is 0.870 bits per heavy atom. The summed E-state index contributed by atoms with van der Waals surface area (Å²) in [5.74, 6) is 0. The van der Waals surface area contributed by atoms with Gasteiger partial charge in [-0.1, -0.05) is 166 Å². The quantitative estimate of drug-likeness (QED) is 0.161. The van der Waals surface area contributed by atoms with Crippen molar-refractivity contribution < 1.29 is 0 Å². The van der Waals surface area contributed by atoms with Gasteiger partial charge in [0.1, 0.15) is 0 Å². The van der Waals surface area contributed by atoms with Crippen LogP contribution in [0.25, 0.3) is 66.3 Å². The minimum absolute atomic E-state index is 0.136. The van der Waals surface area contributed by atoms with Crippen molar-refractivity contribution in [3.05, 3.63) is 205 Å². The molecule has 0 unspecified atom stereocenters. The Hall–Kier alpha value is -6.77. The van der Waals surface area contributed by atoms with E-state index >= 15 is 0 Å². The highest BCUT2D eigenvalue weighted by Gasteiger charge is 2.37. The average Bonchev–Trinajstić information content (AvgIpc) is 3.48. The minimum atomic E-state index is -0.136. The number of rotatable bonds is 6. The maximum atomic E-state index is 5.35. The highest BCUT2D eigenvalue weighted by atomic mass is 15.1. The molecule has 8 aromatic carbocycles. The fraction of sp³-hybridized carbons (Fsp3) is 0.0577. The third-order valence-electron chi connectivity index (χ3n) is 11.2. The first-order valence-corrected chi connectivity index (χ1v) is 18.7. The van der Waals surface area contributed by atoms with Gasteiger partial charge in [-0.2, -0.15) is 0 Å². The average molecular weight is 691 g/mol. The van der Waals surface area contributed by atoms with Gasteiger partial charge in [-0.15, -0.1) is 0 Å². The summed E-state index contributed by atoms with van der Waals surface area (Å²) in [5.41, 5.74) is 16.5. The molecule has 0 fully saturated rings. The van der Waals surface area contributed by atoms with E-state index < -0.39 is 0 Å². The van der Waals surface area contributed by atoms with Gasteiger partial charge in [0, 0.05) is 38.8 Å². The fourth-order valence-electron chi connectivity index (χ4n) is 8.62. The molecule has 2 heteroatoms. The first-order valence-electron chi connectivity index (χ1n) is 18.7. The summed E-state index contributed by atoms with van der Waals surface area (Å²) in [5, 5.41) is 3.69. The molecule has 0 saturated heterocycles. The van der Waals surface area contributed by atoms with Gasteiger partial charge in [-0.3, -0.25) is 0 Å². The first kappa shape index (κ1) is 31.9. The lowest BCUT2D eigenvalue weighted by molar-refractivity contribution is 0.666. The summed E-state index contributed by atoms with van der Waals surface area (Å²) in [7, 11) is 0. The molecule has 0 aliphatic heterocycles. The molecule has 0 atom stereocenters. The van der Waals surface area contributed by atoms with Crippen LogP contribution in [0.2, 0.25) is 0 Å². The number of aromatic nitrogens is 1. The number of benzene rings is 8. The third kappa shape index (κ3) is 5.22. The summed E-state index contributed by atoms with van der Waals surface area (Å²) in [4.78, 5) is 7.69. The number of fused-ring (bicyclic) bond motifs is 7. The van der Waals surface area contributed by atoms with Crippen molar-refractivity contribution in [3.8, 4) is 44.6 Å². The molecular weight excluding hydrogens is 653 g/mol. The molecular formula is C52H38N2. The van der Waals surface area contributed by atoms with Crippen LogP contribution in [0.4, 0.5) is 17.1 Å².